The van der Waals surface area contributed by atoms with Gasteiger partial charge in [-0.15, -0.1) is 0 Å². The van der Waals surface area contributed by atoms with Gasteiger partial charge in [-0.25, -0.2) is 0 Å². The molecule has 0 saturated carbocycles. The first kappa shape index (κ1) is 24.0. The maximum atomic E-state index is 12.7. The molecule has 162 valence electrons. The summed E-state index contributed by atoms with van der Waals surface area (Å²) < 4.78 is 5.89. The highest BCUT2D eigenvalue weighted by atomic mass is 35.5. The molecule has 32 heavy (non-hydrogen) atoms. The first-order chi connectivity index (χ1) is 15.3. The number of halogens is 4. The number of aryl methyl sites for hydroxylation is 1. The fraction of sp³-hybridized carbons (Fsp3) is 0.0833. The topological polar surface area (TPSA) is 62.1 Å². The Morgan fingerprint density at radius 3 is 2.44 bits per heavy atom. The molecular formula is C24H16Cl4N2O2. The van der Waals surface area contributed by atoms with E-state index in [0.717, 1.165) is 5.56 Å². The number of hydrogen-bond donors (Lipinski definition) is 1. The van der Waals surface area contributed by atoms with Crippen molar-refractivity contribution in [3.63, 3.8) is 0 Å². The number of para-hydroxylation sites is 1. The van der Waals surface area contributed by atoms with E-state index >= 15 is 0 Å². The molecule has 3 aromatic rings. The Hall–Kier alpha value is -2.68. The van der Waals surface area contributed by atoms with Crippen LogP contribution in [-0.2, 0) is 11.4 Å². The smallest absolute Gasteiger partial charge is 0.266 e. The molecule has 1 amide bonds. The molecular weight excluding hydrogens is 490 g/mol. The van der Waals surface area contributed by atoms with Gasteiger partial charge in [0, 0.05) is 31.9 Å². The van der Waals surface area contributed by atoms with Crippen molar-refractivity contribution in [2.75, 3.05) is 5.32 Å². The van der Waals surface area contributed by atoms with E-state index in [1.165, 1.54) is 12.1 Å². The second-order valence-corrected chi connectivity index (χ2v) is 8.46. The number of nitrogens with one attached hydrogen (secondary N) is 1. The standard InChI is InChI=1S/C24H16Cl4N2O2/c1-14-4-2-3-5-22(14)30-24(31)17(12-29)8-16-9-19(26)11-21(28)23(16)32-13-15-6-7-18(25)10-20(15)27/h2-11H,13H2,1H3,(H,30,31)/b17-8+. The Kier molecular flexibility index (Phi) is 8.06. The SMILES string of the molecule is Cc1ccccc1NC(=O)/C(C#N)=C/c1cc(Cl)cc(Cl)c1OCc1ccc(Cl)cc1Cl. The number of nitrogens with zero attached hydrogens (tertiary/aromatic N) is 1. The van der Waals surface area contributed by atoms with Crippen LogP contribution >= 0.6 is 46.4 Å². The maximum Gasteiger partial charge on any atom is 0.266 e. The summed E-state index contributed by atoms with van der Waals surface area (Å²) in [6, 6.07) is 17.3. The lowest BCUT2D eigenvalue weighted by Crippen LogP contribution is -2.14. The van der Waals surface area contributed by atoms with Crippen LogP contribution in [0.5, 0.6) is 5.75 Å². The van der Waals surface area contributed by atoms with Gasteiger partial charge in [-0.2, -0.15) is 5.26 Å². The van der Waals surface area contributed by atoms with Crippen LogP contribution in [0.25, 0.3) is 6.08 Å². The molecule has 0 bridgehead atoms. The summed E-state index contributed by atoms with van der Waals surface area (Å²) in [7, 11) is 0. The predicted octanol–water partition coefficient (Wildman–Crippen LogP) is 7.73. The quantitative estimate of drug-likeness (QED) is 0.275. The van der Waals surface area contributed by atoms with Crippen LogP contribution < -0.4 is 10.1 Å². The van der Waals surface area contributed by atoms with Crippen molar-refractivity contribution in [2.24, 2.45) is 0 Å². The van der Waals surface area contributed by atoms with E-state index in [1.54, 1.807) is 36.4 Å². The lowest BCUT2D eigenvalue weighted by Gasteiger charge is -2.13. The number of anilines is 1. The van der Waals surface area contributed by atoms with Crippen molar-refractivity contribution in [1.29, 1.82) is 5.26 Å². The molecule has 0 aliphatic heterocycles. The van der Waals surface area contributed by atoms with Crippen LogP contribution in [0.4, 0.5) is 5.69 Å². The molecule has 4 nitrogen and oxygen atoms in total. The zero-order valence-electron chi connectivity index (χ0n) is 16.8. The first-order valence-electron chi connectivity index (χ1n) is 9.33. The molecule has 1 N–H and O–H groups in total. The normalized spacial score (nSPS) is 11.1. The molecule has 0 spiro atoms. The molecule has 0 unspecified atom stereocenters. The van der Waals surface area contributed by atoms with Crippen molar-refractivity contribution in [3.8, 4) is 11.8 Å². The van der Waals surface area contributed by atoms with Gasteiger partial charge in [0.05, 0.1) is 5.02 Å². The summed E-state index contributed by atoms with van der Waals surface area (Å²) in [5, 5.41) is 13.8. The van der Waals surface area contributed by atoms with E-state index in [9.17, 15) is 10.1 Å². The number of nitriles is 1. The second kappa shape index (κ2) is 10.8. The third-order valence-electron chi connectivity index (χ3n) is 4.48. The summed E-state index contributed by atoms with van der Waals surface area (Å²) in [4.78, 5) is 12.7. The minimum absolute atomic E-state index is 0.0927. The van der Waals surface area contributed by atoms with E-state index in [-0.39, 0.29) is 23.0 Å². The summed E-state index contributed by atoms with van der Waals surface area (Å²) in [6.45, 7) is 1.95. The van der Waals surface area contributed by atoms with Crippen LogP contribution in [0.15, 0.2) is 60.2 Å². The van der Waals surface area contributed by atoms with Gasteiger partial charge < -0.3 is 10.1 Å². The van der Waals surface area contributed by atoms with Crippen molar-refractivity contribution >= 4 is 64.1 Å². The highest BCUT2D eigenvalue weighted by Crippen LogP contribution is 2.35. The molecule has 3 aromatic carbocycles. The Bertz CT molecular complexity index is 1250. The van der Waals surface area contributed by atoms with Gasteiger partial charge in [-0.05, 0) is 48.9 Å². The third-order valence-corrected chi connectivity index (χ3v) is 5.57. The minimum atomic E-state index is -0.565. The third kappa shape index (κ3) is 5.97. The van der Waals surface area contributed by atoms with E-state index in [4.69, 9.17) is 51.1 Å². The zero-order chi connectivity index (χ0) is 23.3. The van der Waals surface area contributed by atoms with Gasteiger partial charge in [0.1, 0.15) is 24.0 Å². The van der Waals surface area contributed by atoms with E-state index in [0.29, 0.717) is 31.9 Å². The molecule has 0 radical (unpaired) electrons. The summed E-state index contributed by atoms with van der Waals surface area (Å²) in [6.07, 6.45) is 1.38. The molecule has 0 heterocycles. The summed E-state index contributed by atoms with van der Waals surface area (Å²) >= 11 is 24.6. The van der Waals surface area contributed by atoms with Crippen molar-refractivity contribution in [2.45, 2.75) is 13.5 Å². The lowest BCUT2D eigenvalue weighted by molar-refractivity contribution is -0.112. The molecule has 0 aromatic heterocycles. The maximum absolute atomic E-state index is 12.7. The Labute approximate surface area is 205 Å². The molecule has 0 saturated heterocycles. The fourth-order valence-electron chi connectivity index (χ4n) is 2.84. The van der Waals surface area contributed by atoms with Gasteiger partial charge in [0.25, 0.3) is 5.91 Å². The number of ether oxygens (including phenoxy) is 1. The van der Waals surface area contributed by atoms with Crippen LogP contribution in [0.3, 0.4) is 0 Å². The number of hydrogen-bond acceptors (Lipinski definition) is 3. The van der Waals surface area contributed by atoms with Crippen LogP contribution in [-0.4, -0.2) is 5.91 Å². The Balaban J connectivity index is 1.91. The van der Waals surface area contributed by atoms with Crippen molar-refractivity contribution in [3.05, 3.63) is 97.0 Å². The zero-order valence-corrected chi connectivity index (χ0v) is 19.8. The highest BCUT2D eigenvalue weighted by Gasteiger charge is 2.16. The van der Waals surface area contributed by atoms with Crippen molar-refractivity contribution < 1.29 is 9.53 Å². The molecule has 0 aliphatic rings. The molecule has 0 aliphatic carbocycles. The lowest BCUT2D eigenvalue weighted by atomic mass is 10.1. The summed E-state index contributed by atoms with van der Waals surface area (Å²) in [5.41, 5.74) is 2.41. The van der Waals surface area contributed by atoms with E-state index < -0.39 is 5.91 Å². The average molecular weight is 506 g/mol. The number of amides is 1. The minimum Gasteiger partial charge on any atom is -0.487 e. The monoisotopic (exact) mass is 504 g/mol. The predicted molar refractivity (Wildman–Crippen MR) is 131 cm³/mol. The fourth-order valence-corrected chi connectivity index (χ4v) is 3.86. The number of carbonyl (C=O) groups excluding carboxylic acids is 1. The average Bonchev–Trinajstić information content (AvgIpc) is 2.74. The van der Waals surface area contributed by atoms with E-state index in [2.05, 4.69) is 5.32 Å². The molecule has 8 heteroatoms. The number of rotatable bonds is 6. The van der Waals surface area contributed by atoms with Crippen molar-refractivity contribution in [1.82, 2.24) is 0 Å². The summed E-state index contributed by atoms with van der Waals surface area (Å²) in [5.74, 6) is -0.303. The second-order valence-electron chi connectivity index (χ2n) is 6.77. The Morgan fingerprint density at radius 1 is 1.03 bits per heavy atom. The van der Waals surface area contributed by atoms with Gasteiger partial charge >= 0.3 is 0 Å². The van der Waals surface area contributed by atoms with Gasteiger partial charge in [-0.1, -0.05) is 70.7 Å². The first-order valence-corrected chi connectivity index (χ1v) is 10.8. The van der Waals surface area contributed by atoms with Crippen LogP contribution in [0.1, 0.15) is 16.7 Å². The molecule has 0 atom stereocenters. The molecule has 3 rings (SSSR count). The van der Waals surface area contributed by atoms with Gasteiger partial charge in [0.2, 0.25) is 0 Å². The van der Waals surface area contributed by atoms with Gasteiger partial charge in [-0.3, -0.25) is 4.79 Å². The number of carbonyl (C=O) groups is 1. The number of benzene rings is 3. The molecule has 0 fully saturated rings. The van der Waals surface area contributed by atoms with Crippen LogP contribution in [0, 0.1) is 18.3 Å². The highest BCUT2D eigenvalue weighted by molar-refractivity contribution is 6.36. The van der Waals surface area contributed by atoms with Gasteiger partial charge in [0.15, 0.2) is 0 Å². The van der Waals surface area contributed by atoms with E-state index in [1.807, 2.05) is 25.1 Å². The largest absolute Gasteiger partial charge is 0.487 e. The Morgan fingerprint density at radius 2 is 1.75 bits per heavy atom. The van der Waals surface area contributed by atoms with Crippen LogP contribution in [0.2, 0.25) is 20.1 Å².